The molecule has 0 N–H and O–H groups in total. The first-order valence-corrected chi connectivity index (χ1v) is 4.87. The summed E-state index contributed by atoms with van der Waals surface area (Å²) in [6.07, 6.45) is -4.27. The van der Waals surface area contributed by atoms with Crippen molar-refractivity contribution in [3.63, 3.8) is 0 Å². The van der Waals surface area contributed by atoms with E-state index >= 15 is 0 Å². The van der Waals surface area contributed by atoms with Crippen LogP contribution in [0, 0.1) is 0 Å². The molecule has 0 atom stereocenters. The molecule has 1 aromatic rings. The zero-order valence-electron chi connectivity index (χ0n) is 8.85. The van der Waals surface area contributed by atoms with Crippen LogP contribution in [0.25, 0.3) is 0 Å². The van der Waals surface area contributed by atoms with Crippen LogP contribution in [-0.2, 0) is 13.0 Å². The van der Waals surface area contributed by atoms with Crippen molar-refractivity contribution in [2.45, 2.75) is 19.1 Å². The Hall–Kier alpha value is -0.880. The van der Waals surface area contributed by atoms with Gasteiger partial charge >= 0.3 is 6.18 Å². The molecule has 0 aromatic carbocycles. The van der Waals surface area contributed by atoms with Gasteiger partial charge in [0.15, 0.2) is 0 Å². The van der Waals surface area contributed by atoms with E-state index in [-0.39, 0.29) is 10.7 Å². The van der Waals surface area contributed by atoms with Crippen LogP contribution in [0.2, 0.25) is 5.15 Å². The van der Waals surface area contributed by atoms with Gasteiger partial charge in [-0.05, 0) is 14.1 Å². The third kappa shape index (κ3) is 4.32. The second-order valence-corrected chi connectivity index (χ2v) is 3.99. The molecule has 7 heteroatoms. The molecule has 16 heavy (non-hydrogen) atoms. The number of halogens is 4. The highest BCUT2D eigenvalue weighted by molar-refractivity contribution is 6.30. The van der Waals surface area contributed by atoms with Crippen LogP contribution in [0.4, 0.5) is 13.2 Å². The fourth-order valence-corrected chi connectivity index (χ4v) is 1.33. The van der Waals surface area contributed by atoms with Crippen LogP contribution in [0.15, 0.2) is 6.20 Å². The van der Waals surface area contributed by atoms with Crippen molar-refractivity contribution in [2.24, 2.45) is 0 Å². The lowest BCUT2D eigenvalue weighted by Crippen LogP contribution is -2.16. The summed E-state index contributed by atoms with van der Waals surface area (Å²) >= 11 is 5.65. The third-order valence-electron chi connectivity index (χ3n) is 1.71. The quantitative estimate of drug-likeness (QED) is 0.774. The number of rotatable bonds is 3. The predicted molar refractivity (Wildman–Crippen MR) is 54.2 cm³/mol. The lowest BCUT2D eigenvalue weighted by Gasteiger charge is -2.10. The Bertz CT molecular complexity index is 366. The van der Waals surface area contributed by atoms with Crippen molar-refractivity contribution in [1.29, 1.82) is 0 Å². The van der Waals surface area contributed by atoms with Crippen molar-refractivity contribution >= 4 is 11.6 Å². The zero-order valence-corrected chi connectivity index (χ0v) is 9.60. The highest BCUT2D eigenvalue weighted by Crippen LogP contribution is 2.24. The van der Waals surface area contributed by atoms with E-state index < -0.39 is 12.6 Å². The Morgan fingerprint density at radius 3 is 2.44 bits per heavy atom. The Labute approximate surface area is 96.3 Å². The fraction of sp³-hybridized carbons (Fsp3) is 0.556. The highest BCUT2D eigenvalue weighted by Gasteiger charge is 2.29. The van der Waals surface area contributed by atoms with Crippen LogP contribution < -0.4 is 0 Å². The van der Waals surface area contributed by atoms with Gasteiger partial charge < -0.3 is 4.90 Å². The van der Waals surface area contributed by atoms with Gasteiger partial charge in [-0.15, -0.1) is 0 Å². The summed E-state index contributed by atoms with van der Waals surface area (Å²) in [6, 6.07) is 0. The van der Waals surface area contributed by atoms with Crippen LogP contribution in [0.3, 0.4) is 0 Å². The van der Waals surface area contributed by atoms with Crippen molar-refractivity contribution in [2.75, 3.05) is 14.1 Å². The Balaban J connectivity index is 2.83. The monoisotopic (exact) mass is 253 g/mol. The first-order valence-electron chi connectivity index (χ1n) is 4.49. The maximum absolute atomic E-state index is 12.1. The molecule has 0 unspecified atom stereocenters. The highest BCUT2D eigenvalue weighted by atomic mass is 35.5. The molecule has 90 valence electrons. The molecule has 0 fully saturated rings. The molecule has 0 aliphatic carbocycles. The molecular formula is C9H11ClF3N3. The summed E-state index contributed by atoms with van der Waals surface area (Å²) in [4.78, 5) is 9.44. The van der Waals surface area contributed by atoms with E-state index in [4.69, 9.17) is 11.6 Å². The molecule has 3 nitrogen and oxygen atoms in total. The Kier molecular flexibility index (Phi) is 4.09. The number of hydrogen-bond acceptors (Lipinski definition) is 3. The summed E-state index contributed by atoms with van der Waals surface area (Å²) in [6.45, 7) is 0.437. The first-order chi connectivity index (χ1) is 7.28. The summed E-state index contributed by atoms with van der Waals surface area (Å²) in [7, 11) is 3.61. The van der Waals surface area contributed by atoms with E-state index in [9.17, 15) is 13.2 Å². The van der Waals surface area contributed by atoms with E-state index in [1.54, 1.807) is 19.0 Å². The molecule has 0 saturated heterocycles. The largest absolute Gasteiger partial charge is 0.393 e. The molecule has 1 rings (SSSR count). The van der Waals surface area contributed by atoms with Crippen molar-refractivity contribution in [3.05, 3.63) is 22.7 Å². The fourth-order valence-electron chi connectivity index (χ4n) is 1.11. The topological polar surface area (TPSA) is 29.0 Å². The van der Waals surface area contributed by atoms with Crippen molar-refractivity contribution in [3.8, 4) is 0 Å². The van der Waals surface area contributed by atoms with Gasteiger partial charge in [-0.1, -0.05) is 11.6 Å². The summed E-state index contributed by atoms with van der Waals surface area (Å²) in [5.41, 5.74) is -0.100. The first kappa shape index (κ1) is 13.2. The van der Waals surface area contributed by atoms with Crippen molar-refractivity contribution in [1.82, 2.24) is 14.9 Å². The van der Waals surface area contributed by atoms with Crippen molar-refractivity contribution < 1.29 is 13.2 Å². The minimum absolute atomic E-state index is 0.100. The Morgan fingerprint density at radius 1 is 1.38 bits per heavy atom. The zero-order chi connectivity index (χ0) is 12.3. The Morgan fingerprint density at radius 2 is 2.00 bits per heavy atom. The molecule has 0 saturated carbocycles. The molecule has 0 aliphatic heterocycles. The van der Waals surface area contributed by atoms with Gasteiger partial charge in [0.05, 0.1) is 13.0 Å². The van der Waals surface area contributed by atoms with Gasteiger partial charge in [-0.3, -0.25) is 0 Å². The maximum atomic E-state index is 12.1. The minimum Gasteiger partial charge on any atom is -0.302 e. The molecule has 0 amide bonds. The molecule has 0 radical (unpaired) electrons. The maximum Gasteiger partial charge on any atom is 0.393 e. The molecular weight excluding hydrogens is 243 g/mol. The van der Waals surface area contributed by atoms with E-state index in [0.29, 0.717) is 12.4 Å². The predicted octanol–water partition coefficient (Wildman–Crippen LogP) is 2.30. The lowest BCUT2D eigenvalue weighted by molar-refractivity contribution is -0.127. The third-order valence-corrected chi connectivity index (χ3v) is 2.04. The van der Waals surface area contributed by atoms with Gasteiger partial charge in [0, 0.05) is 11.8 Å². The normalized spacial score (nSPS) is 12.2. The number of hydrogen-bond donors (Lipinski definition) is 0. The van der Waals surface area contributed by atoms with Gasteiger partial charge in [-0.2, -0.15) is 13.2 Å². The van der Waals surface area contributed by atoms with Crippen LogP contribution >= 0.6 is 11.6 Å². The second kappa shape index (κ2) is 4.97. The smallest absolute Gasteiger partial charge is 0.302 e. The summed E-state index contributed by atoms with van der Waals surface area (Å²) in [5, 5.41) is -0.135. The second-order valence-electron chi connectivity index (χ2n) is 3.63. The van der Waals surface area contributed by atoms with Crippen LogP contribution in [-0.4, -0.2) is 35.1 Å². The van der Waals surface area contributed by atoms with E-state index in [0.717, 1.165) is 6.20 Å². The molecule has 1 aromatic heterocycles. The molecule has 1 heterocycles. The summed E-state index contributed by atoms with van der Waals surface area (Å²) < 4.78 is 36.3. The number of nitrogens with zero attached hydrogens (tertiary/aromatic N) is 3. The van der Waals surface area contributed by atoms with E-state index in [2.05, 4.69) is 9.97 Å². The molecule has 0 aliphatic rings. The lowest BCUT2D eigenvalue weighted by atomic mass is 10.2. The molecule has 0 spiro atoms. The van der Waals surface area contributed by atoms with Gasteiger partial charge in [0.1, 0.15) is 11.0 Å². The van der Waals surface area contributed by atoms with Crippen LogP contribution in [0.1, 0.15) is 11.4 Å². The van der Waals surface area contributed by atoms with E-state index in [1.165, 1.54) is 0 Å². The number of alkyl halides is 3. The average Bonchev–Trinajstić information content (AvgIpc) is 2.06. The summed E-state index contributed by atoms with van der Waals surface area (Å²) in [5.74, 6) is 0.404. The number of aromatic nitrogens is 2. The van der Waals surface area contributed by atoms with Gasteiger partial charge in [0.25, 0.3) is 0 Å². The van der Waals surface area contributed by atoms with E-state index in [1.807, 2.05) is 0 Å². The average molecular weight is 254 g/mol. The standard InChI is InChI=1S/C9H11ClF3N3/c1-16(2)5-7-14-4-6(8(10)15-7)3-9(11,12)13/h4H,3,5H2,1-2H3. The van der Waals surface area contributed by atoms with Gasteiger partial charge in [0.2, 0.25) is 0 Å². The minimum atomic E-state index is -4.30. The van der Waals surface area contributed by atoms with Gasteiger partial charge in [-0.25, -0.2) is 9.97 Å². The molecule has 0 bridgehead atoms. The van der Waals surface area contributed by atoms with Crippen LogP contribution in [0.5, 0.6) is 0 Å². The SMILES string of the molecule is CN(C)Cc1ncc(CC(F)(F)F)c(Cl)n1.